The Morgan fingerprint density at radius 2 is 2.08 bits per heavy atom. The second-order valence-electron chi connectivity index (χ2n) is 5.88. The van der Waals surface area contributed by atoms with Crippen LogP contribution in [0.5, 0.6) is 0 Å². The largest absolute Gasteiger partial charge is 0.416 e. The number of carbonyl (C=O) groups excluding carboxylic acids is 1. The highest BCUT2D eigenvalue weighted by Gasteiger charge is 2.30. The summed E-state index contributed by atoms with van der Waals surface area (Å²) in [6.45, 7) is 2.37. The third-order valence-corrected chi connectivity index (χ3v) is 4.86. The van der Waals surface area contributed by atoms with Gasteiger partial charge in [0.05, 0.1) is 11.6 Å². The molecule has 134 valence electrons. The second kappa shape index (κ2) is 7.45. The van der Waals surface area contributed by atoms with Crippen molar-refractivity contribution < 1.29 is 18.0 Å². The monoisotopic (exact) mass is 369 g/mol. The summed E-state index contributed by atoms with van der Waals surface area (Å²) in [4.78, 5) is 14.3. The van der Waals surface area contributed by atoms with E-state index < -0.39 is 17.8 Å². The minimum atomic E-state index is -4.43. The van der Waals surface area contributed by atoms with Crippen molar-refractivity contribution in [1.82, 2.24) is 10.2 Å². The molecule has 1 atom stereocenters. The van der Waals surface area contributed by atoms with Gasteiger partial charge < -0.3 is 10.6 Å². The molecular formula is C17H18F3N3OS. The van der Waals surface area contributed by atoms with Gasteiger partial charge in [0, 0.05) is 25.3 Å². The average Bonchev–Trinajstić information content (AvgIpc) is 3.03. The normalized spacial score (nSPS) is 16.1. The molecule has 0 unspecified atom stereocenters. The second-order valence-corrected chi connectivity index (χ2v) is 6.66. The highest BCUT2D eigenvalue weighted by Crippen LogP contribution is 2.30. The summed E-state index contributed by atoms with van der Waals surface area (Å²) in [7, 11) is 0. The Bertz CT molecular complexity index is 714. The number of anilines is 1. The molecule has 4 nitrogen and oxygen atoms in total. The molecule has 0 bridgehead atoms. The summed E-state index contributed by atoms with van der Waals surface area (Å²) in [6.07, 6.45) is -3.30. The SMILES string of the molecule is O=C(NC[C@@H](c1ccsc1)N1CCC1)Nc1cccc(C(F)(F)F)c1. The Kier molecular flexibility index (Phi) is 5.29. The average molecular weight is 369 g/mol. The van der Waals surface area contributed by atoms with Crippen LogP contribution < -0.4 is 10.6 Å². The lowest BCUT2D eigenvalue weighted by molar-refractivity contribution is -0.137. The van der Waals surface area contributed by atoms with Crippen molar-refractivity contribution >= 4 is 23.1 Å². The zero-order valence-corrected chi connectivity index (χ0v) is 14.2. The van der Waals surface area contributed by atoms with Gasteiger partial charge in [-0.2, -0.15) is 24.5 Å². The first-order valence-electron chi connectivity index (χ1n) is 7.92. The van der Waals surface area contributed by atoms with Gasteiger partial charge in [0.25, 0.3) is 0 Å². The summed E-state index contributed by atoms with van der Waals surface area (Å²) in [5.41, 5.74) is 0.467. The van der Waals surface area contributed by atoms with Gasteiger partial charge >= 0.3 is 12.2 Å². The third kappa shape index (κ3) is 4.52. The van der Waals surface area contributed by atoms with Crippen molar-refractivity contribution in [3.63, 3.8) is 0 Å². The maximum absolute atomic E-state index is 12.7. The van der Waals surface area contributed by atoms with E-state index in [4.69, 9.17) is 0 Å². The fourth-order valence-corrected chi connectivity index (χ4v) is 3.42. The van der Waals surface area contributed by atoms with Crippen LogP contribution in [-0.2, 0) is 6.18 Å². The number of urea groups is 1. The number of hydrogen-bond acceptors (Lipinski definition) is 3. The summed E-state index contributed by atoms with van der Waals surface area (Å²) in [5.74, 6) is 0. The van der Waals surface area contributed by atoms with Crippen molar-refractivity contribution in [3.05, 3.63) is 52.2 Å². The number of benzene rings is 1. The van der Waals surface area contributed by atoms with Gasteiger partial charge in [-0.15, -0.1) is 0 Å². The molecule has 1 aliphatic rings. The van der Waals surface area contributed by atoms with E-state index >= 15 is 0 Å². The number of likely N-dealkylation sites (tertiary alicyclic amines) is 1. The molecule has 1 aromatic heterocycles. The maximum atomic E-state index is 12.7. The van der Waals surface area contributed by atoms with E-state index in [9.17, 15) is 18.0 Å². The number of alkyl halides is 3. The molecule has 2 heterocycles. The molecule has 1 fully saturated rings. The summed E-state index contributed by atoms with van der Waals surface area (Å²) < 4.78 is 38.2. The zero-order chi connectivity index (χ0) is 17.9. The van der Waals surface area contributed by atoms with Crippen LogP contribution >= 0.6 is 11.3 Å². The highest BCUT2D eigenvalue weighted by molar-refractivity contribution is 7.07. The van der Waals surface area contributed by atoms with E-state index in [0.717, 1.165) is 37.2 Å². The van der Waals surface area contributed by atoms with E-state index in [1.54, 1.807) is 11.3 Å². The molecular weight excluding hydrogens is 351 g/mol. The molecule has 1 aromatic carbocycles. The molecule has 3 rings (SSSR count). The number of nitrogens with one attached hydrogen (secondary N) is 2. The van der Waals surface area contributed by atoms with Crippen LogP contribution in [0.2, 0.25) is 0 Å². The Hall–Kier alpha value is -2.06. The number of thiophene rings is 1. The molecule has 2 N–H and O–H groups in total. The minimum absolute atomic E-state index is 0.0901. The molecule has 0 radical (unpaired) electrons. The number of amides is 2. The lowest BCUT2D eigenvalue weighted by atomic mass is 10.0. The van der Waals surface area contributed by atoms with Gasteiger partial charge in [-0.05, 0) is 47.0 Å². The molecule has 8 heteroatoms. The first-order valence-corrected chi connectivity index (χ1v) is 8.86. The maximum Gasteiger partial charge on any atom is 0.416 e. The Labute approximate surface area is 147 Å². The van der Waals surface area contributed by atoms with E-state index in [2.05, 4.69) is 20.9 Å². The fraction of sp³-hybridized carbons (Fsp3) is 0.353. The summed E-state index contributed by atoms with van der Waals surface area (Å²) in [6, 6.07) is 6.20. The van der Waals surface area contributed by atoms with Crippen LogP contribution in [0, 0.1) is 0 Å². The van der Waals surface area contributed by atoms with Crippen LogP contribution in [0.25, 0.3) is 0 Å². The van der Waals surface area contributed by atoms with Crippen LogP contribution in [0.15, 0.2) is 41.1 Å². The molecule has 1 aliphatic heterocycles. The minimum Gasteiger partial charge on any atom is -0.336 e. The lowest BCUT2D eigenvalue weighted by Crippen LogP contribution is -2.45. The molecule has 0 aliphatic carbocycles. The zero-order valence-electron chi connectivity index (χ0n) is 13.3. The number of nitrogens with zero attached hydrogens (tertiary/aromatic N) is 1. The van der Waals surface area contributed by atoms with Gasteiger partial charge in [0.15, 0.2) is 0 Å². The number of hydrogen-bond donors (Lipinski definition) is 2. The molecule has 2 aromatic rings. The van der Waals surface area contributed by atoms with Crippen molar-refractivity contribution in [2.45, 2.75) is 18.6 Å². The predicted octanol–water partition coefficient (Wildman–Crippen LogP) is 4.34. The fourth-order valence-electron chi connectivity index (χ4n) is 2.71. The predicted molar refractivity (Wildman–Crippen MR) is 91.7 cm³/mol. The molecule has 0 spiro atoms. The van der Waals surface area contributed by atoms with Crippen LogP contribution in [0.4, 0.5) is 23.7 Å². The molecule has 2 amide bonds. The van der Waals surface area contributed by atoms with E-state index in [-0.39, 0.29) is 11.7 Å². The van der Waals surface area contributed by atoms with E-state index in [1.807, 2.05) is 11.4 Å². The first kappa shape index (κ1) is 17.8. The number of halogens is 3. The number of rotatable bonds is 5. The van der Waals surface area contributed by atoms with Gasteiger partial charge in [-0.3, -0.25) is 4.90 Å². The van der Waals surface area contributed by atoms with Gasteiger partial charge in [-0.1, -0.05) is 6.07 Å². The van der Waals surface area contributed by atoms with Crippen LogP contribution in [0.1, 0.15) is 23.6 Å². The van der Waals surface area contributed by atoms with Gasteiger partial charge in [-0.25, -0.2) is 4.79 Å². The van der Waals surface area contributed by atoms with E-state index in [1.165, 1.54) is 12.1 Å². The van der Waals surface area contributed by atoms with Crippen molar-refractivity contribution in [1.29, 1.82) is 0 Å². The van der Waals surface area contributed by atoms with Crippen LogP contribution in [-0.4, -0.2) is 30.6 Å². The standard InChI is InChI=1S/C17H18F3N3OS/c18-17(19,20)13-3-1-4-14(9-13)22-16(24)21-10-15(23-6-2-7-23)12-5-8-25-11-12/h1,3-5,8-9,11,15H,2,6-7,10H2,(H2,21,22,24)/t15-/m0/s1. The molecule has 1 saturated heterocycles. The van der Waals surface area contributed by atoms with Crippen LogP contribution in [0.3, 0.4) is 0 Å². The first-order chi connectivity index (χ1) is 11.9. The Morgan fingerprint density at radius 3 is 2.68 bits per heavy atom. The van der Waals surface area contributed by atoms with Crippen molar-refractivity contribution in [2.24, 2.45) is 0 Å². The lowest BCUT2D eigenvalue weighted by Gasteiger charge is -2.38. The molecule has 25 heavy (non-hydrogen) atoms. The summed E-state index contributed by atoms with van der Waals surface area (Å²) >= 11 is 1.60. The van der Waals surface area contributed by atoms with Crippen molar-refractivity contribution in [2.75, 3.05) is 25.0 Å². The number of carbonyl (C=O) groups is 1. The van der Waals surface area contributed by atoms with Gasteiger partial charge in [0.1, 0.15) is 0 Å². The van der Waals surface area contributed by atoms with Crippen molar-refractivity contribution in [3.8, 4) is 0 Å². The summed E-state index contributed by atoms with van der Waals surface area (Å²) in [5, 5.41) is 9.26. The molecule has 0 saturated carbocycles. The quantitative estimate of drug-likeness (QED) is 0.824. The van der Waals surface area contributed by atoms with Gasteiger partial charge in [0.2, 0.25) is 0 Å². The Balaban J connectivity index is 1.59. The van der Waals surface area contributed by atoms with E-state index in [0.29, 0.717) is 6.54 Å². The smallest absolute Gasteiger partial charge is 0.336 e. The Morgan fingerprint density at radius 1 is 1.28 bits per heavy atom. The highest BCUT2D eigenvalue weighted by atomic mass is 32.1. The topological polar surface area (TPSA) is 44.4 Å². The third-order valence-electron chi connectivity index (χ3n) is 4.16.